The van der Waals surface area contributed by atoms with Crippen LogP contribution in [-0.4, -0.2) is 13.7 Å². The van der Waals surface area contributed by atoms with Crippen LogP contribution in [0.4, 0.5) is 0 Å². The zero-order chi connectivity index (χ0) is 13.5. The molecule has 3 heteroatoms. The average Bonchev–Trinajstić information content (AvgIpc) is 2.93. The Bertz CT molecular complexity index is 429. The molecule has 1 aliphatic rings. The van der Waals surface area contributed by atoms with Crippen LogP contribution in [0.1, 0.15) is 32.1 Å². The molecule has 0 saturated heterocycles. The lowest BCUT2D eigenvalue weighted by Crippen LogP contribution is -2.00. The van der Waals surface area contributed by atoms with Gasteiger partial charge < -0.3 is 9.47 Å². The molecule has 0 spiro atoms. The van der Waals surface area contributed by atoms with E-state index in [1.165, 1.54) is 25.7 Å². The molecule has 0 aliphatic heterocycles. The SMILES string of the molecule is COc1ccc(OCCCCC2C=CCC2)c(Br)c1. The normalized spacial score (nSPS) is 17.7. The number of hydrogen-bond donors (Lipinski definition) is 0. The molecule has 0 fully saturated rings. The van der Waals surface area contributed by atoms with Crippen LogP contribution < -0.4 is 9.47 Å². The van der Waals surface area contributed by atoms with Gasteiger partial charge in [-0.1, -0.05) is 12.2 Å². The molecule has 0 heterocycles. The molecule has 0 amide bonds. The highest BCUT2D eigenvalue weighted by molar-refractivity contribution is 9.10. The Labute approximate surface area is 123 Å². The van der Waals surface area contributed by atoms with Crippen LogP contribution in [0.2, 0.25) is 0 Å². The molecular weight excluding hydrogens is 304 g/mol. The van der Waals surface area contributed by atoms with E-state index in [9.17, 15) is 0 Å². The van der Waals surface area contributed by atoms with Crippen LogP contribution >= 0.6 is 15.9 Å². The lowest BCUT2D eigenvalue weighted by Gasteiger charge is -2.10. The highest BCUT2D eigenvalue weighted by atomic mass is 79.9. The van der Waals surface area contributed by atoms with Crippen molar-refractivity contribution in [1.29, 1.82) is 0 Å². The van der Waals surface area contributed by atoms with Crippen molar-refractivity contribution >= 4 is 15.9 Å². The van der Waals surface area contributed by atoms with Crippen molar-refractivity contribution in [1.82, 2.24) is 0 Å². The Balaban J connectivity index is 1.66. The second-order valence-electron chi connectivity index (χ2n) is 4.91. The zero-order valence-corrected chi connectivity index (χ0v) is 13.0. The number of methoxy groups -OCH3 is 1. The van der Waals surface area contributed by atoms with E-state index in [1.54, 1.807) is 7.11 Å². The third-order valence-corrected chi connectivity index (χ3v) is 4.10. The van der Waals surface area contributed by atoms with E-state index in [0.29, 0.717) is 0 Å². The molecule has 19 heavy (non-hydrogen) atoms. The first-order valence-corrected chi connectivity index (χ1v) is 7.72. The van der Waals surface area contributed by atoms with E-state index in [2.05, 4.69) is 28.1 Å². The van der Waals surface area contributed by atoms with Gasteiger partial charge in [0.25, 0.3) is 0 Å². The summed E-state index contributed by atoms with van der Waals surface area (Å²) in [6, 6.07) is 5.80. The maximum Gasteiger partial charge on any atom is 0.133 e. The molecule has 1 aliphatic carbocycles. The first-order valence-electron chi connectivity index (χ1n) is 6.92. The maximum absolute atomic E-state index is 5.78. The molecule has 104 valence electrons. The van der Waals surface area contributed by atoms with Crippen LogP contribution in [0.15, 0.2) is 34.8 Å². The molecule has 1 unspecified atom stereocenters. The minimum atomic E-state index is 0.779. The second-order valence-corrected chi connectivity index (χ2v) is 5.76. The molecule has 0 aromatic heterocycles. The van der Waals surface area contributed by atoms with E-state index in [0.717, 1.165) is 34.9 Å². The summed E-state index contributed by atoms with van der Waals surface area (Å²) in [6.07, 6.45) is 10.9. The fourth-order valence-electron chi connectivity index (χ4n) is 2.35. The molecule has 0 bridgehead atoms. The zero-order valence-electron chi connectivity index (χ0n) is 11.4. The third-order valence-electron chi connectivity index (χ3n) is 3.48. The molecule has 1 atom stereocenters. The molecule has 1 aromatic carbocycles. The van der Waals surface area contributed by atoms with E-state index >= 15 is 0 Å². The van der Waals surface area contributed by atoms with Gasteiger partial charge in [0.1, 0.15) is 11.5 Å². The lowest BCUT2D eigenvalue weighted by molar-refractivity contribution is 0.299. The van der Waals surface area contributed by atoms with Gasteiger partial charge in [-0.3, -0.25) is 0 Å². The van der Waals surface area contributed by atoms with Gasteiger partial charge in [-0.25, -0.2) is 0 Å². The lowest BCUT2D eigenvalue weighted by atomic mass is 10.0. The van der Waals surface area contributed by atoms with Crippen molar-refractivity contribution in [3.8, 4) is 11.5 Å². The summed E-state index contributed by atoms with van der Waals surface area (Å²) in [5.41, 5.74) is 0. The first-order chi connectivity index (χ1) is 9.29. The van der Waals surface area contributed by atoms with E-state index in [-0.39, 0.29) is 0 Å². The van der Waals surface area contributed by atoms with Crippen molar-refractivity contribution in [2.24, 2.45) is 5.92 Å². The van der Waals surface area contributed by atoms with Crippen molar-refractivity contribution in [2.75, 3.05) is 13.7 Å². The number of unbranched alkanes of at least 4 members (excludes halogenated alkanes) is 1. The number of allylic oxidation sites excluding steroid dienone is 2. The second kappa shape index (κ2) is 7.59. The number of ether oxygens (including phenoxy) is 2. The Morgan fingerprint density at radius 3 is 2.89 bits per heavy atom. The summed E-state index contributed by atoms with van der Waals surface area (Å²) in [5.74, 6) is 2.54. The predicted molar refractivity (Wildman–Crippen MR) is 81.9 cm³/mol. The number of rotatable bonds is 7. The minimum Gasteiger partial charge on any atom is -0.497 e. The topological polar surface area (TPSA) is 18.5 Å². The molecule has 2 nitrogen and oxygen atoms in total. The third kappa shape index (κ3) is 4.57. The highest BCUT2D eigenvalue weighted by Gasteiger charge is 2.08. The molecule has 0 radical (unpaired) electrons. The summed E-state index contributed by atoms with van der Waals surface area (Å²) >= 11 is 3.50. The van der Waals surface area contributed by atoms with Gasteiger partial charge >= 0.3 is 0 Å². The molecular formula is C16H21BrO2. The van der Waals surface area contributed by atoms with Crippen LogP contribution in [0.25, 0.3) is 0 Å². The van der Waals surface area contributed by atoms with Crippen LogP contribution in [-0.2, 0) is 0 Å². The monoisotopic (exact) mass is 324 g/mol. The van der Waals surface area contributed by atoms with Gasteiger partial charge in [0.05, 0.1) is 18.2 Å². The molecule has 0 N–H and O–H groups in total. The number of benzene rings is 1. The van der Waals surface area contributed by atoms with Crippen molar-refractivity contribution in [3.63, 3.8) is 0 Å². The standard InChI is InChI=1S/C16H21BrO2/c1-18-14-9-10-16(15(17)12-14)19-11-5-4-8-13-6-2-3-7-13/h2,6,9-10,12-13H,3-5,7-8,11H2,1H3. The fourth-order valence-corrected chi connectivity index (χ4v) is 2.82. The largest absolute Gasteiger partial charge is 0.497 e. The van der Waals surface area contributed by atoms with Crippen molar-refractivity contribution in [3.05, 3.63) is 34.8 Å². The minimum absolute atomic E-state index is 0.779. The van der Waals surface area contributed by atoms with E-state index in [1.807, 2.05) is 18.2 Å². The van der Waals surface area contributed by atoms with Gasteiger partial charge in [-0.05, 0) is 72.2 Å². The molecule has 0 saturated carbocycles. The number of hydrogen-bond acceptors (Lipinski definition) is 2. The summed E-state index contributed by atoms with van der Waals surface area (Å²) < 4.78 is 11.9. The number of halogens is 1. The summed E-state index contributed by atoms with van der Waals surface area (Å²) in [7, 11) is 1.67. The van der Waals surface area contributed by atoms with Crippen LogP contribution in [0, 0.1) is 5.92 Å². The van der Waals surface area contributed by atoms with Gasteiger partial charge in [-0.15, -0.1) is 0 Å². The molecule has 2 rings (SSSR count). The smallest absolute Gasteiger partial charge is 0.133 e. The Morgan fingerprint density at radius 1 is 1.32 bits per heavy atom. The van der Waals surface area contributed by atoms with Gasteiger partial charge in [0.15, 0.2) is 0 Å². The quantitative estimate of drug-likeness (QED) is 0.520. The van der Waals surface area contributed by atoms with Crippen molar-refractivity contribution < 1.29 is 9.47 Å². The Morgan fingerprint density at radius 2 is 2.21 bits per heavy atom. The Kier molecular flexibility index (Phi) is 5.77. The summed E-state index contributed by atoms with van der Waals surface area (Å²) in [5, 5.41) is 0. The van der Waals surface area contributed by atoms with E-state index < -0.39 is 0 Å². The van der Waals surface area contributed by atoms with Gasteiger partial charge in [-0.2, -0.15) is 0 Å². The molecule has 1 aromatic rings. The Hall–Kier alpha value is -0.960. The van der Waals surface area contributed by atoms with Crippen LogP contribution in [0.5, 0.6) is 11.5 Å². The van der Waals surface area contributed by atoms with Crippen LogP contribution in [0.3, 0.4) is 0 Å². The van der Waals surface area contributed by atoms with Crippen molar-refractivity contribution in [2.45, 2.75) is 32.1 Å². The highest BCUT2D eigenvalue weighted by Crippen LogP contribution is 2.29. The fraction of sp³-hybridized carbons (Fsp3) is 0.500. The average molecular weight is 325 g/mol. The predicted octanol–water partition coefficient (Wildman–Crippen LogP) is 4.97. The van der Waals surface area contributed by atoms with Gasteiger partial charge in [0.2, 0.25) is 0 Å². The first kappa shape index (κ1) is 14.4. The van der Waals surface area contributed by atoms with E-state index in [4.69, 9.17) is 9.47 Å². The van der Waals surface area contributed by atoms with Gasteiger partial charge in [0, 0.05) is 0 Å². The summed E-state index contributed by atoms with van der Waals surface area (Å²) in [6.45, 7) is 0.779. The summed E-state index contributed by atoms with van der Waals surface area (Å²) in [4.78, 5) is 0. The maximum atomic E-state index is 5.78.